The van der Waals surface area contributed by atoms with E-state index in [1.54, 1.807) is 6.26 Å². The highest BCUT2D eigenvalue weighted by Gasteiger charge is 2.23. The van der Waals surface area contributed by atoms with E-state index in [4.69, 9.17) is 4.42 Å². The number of furan rings is 1. The molecule has 0 bridgehead atoms. The zero-order valence-corrected chi connectivity index (χ0v) is 29.0. The van der Waals surface area contributed by atoms with Crippen LogP contribution in [0.3, 0.4) is 0 Å². The Hall–Kier alpha value is -6.48. The first-order valence-electron chi connectivity index (χ1n) is 17.8. The van der Waals surface area contributed by atoms with Crippen LogP contribution in [0.15, 0.2) is 187 Å². The van der Waals surface area contributed by atoms with Crippen molar-refractivity contribution in [2.75, 3.05) is 0 Å². The Kier molecular flexibility index (Phi) is 6.49. The first-order valence-corrected chi connectivity index (χ1v) is 18.6. The van der Waals surface area contributed by atoms with Gasteiger partial charge in [0.2, 0.25) is 0 Å². The lowest BCUT2D eigenvalue weighted by Gasteiger charge is -2.18. The number of rotatable bonds is 4. The van der Waals surface area contributed by atoms with Gasteiger partial charge in [-0.15, -0.1) is 11.3 Å². The third-order valence-corrected chi connectivity index (χ3v) is 12.0. The van der Waals surface area contributed by atoms with Gasteiger partial charge < -0.3 is 4.42 Å². The Morgan fingerprint density at radius 2 is 0.788 bits per heavy atom. The van der Waals surface area contributed by atoms with Crippen LogP contribution in [-0.2, 0) is 0 Å². The molecule has 0 saturated carbocycles. The average Bonchev–Trinajstić information content (AvgIpc) is 3.88. The summed E-state index contributed by atoms with van der Waals surface area (Å²) >= 11 is 1.91. The predicted octanol–water partition coefficient (Wildman–Crippen LogP) is 14.9. The van der Waals surface area contributed by atoms with E-state index in [0.29, 0.717) is 0 Å². The maximum absolute atomic E-state index is 6.05. The van der Waals surface area contributed by atoms with Crippen molar-refractivity contribution < 1.29 is 4.42 Å². The summed E-state index contributed by atoms with van der Waals surface area (Å²) < 4.78 is 8.65. The van der Waals surface area contributed by atoms with Crippen LogP contribution in [0.5, 0.6) is 0 Å². The van der Waals surface area contributed by atoms with Crippen LogP contribution in [0.4, 0.5) is 0 Å². The van der Waals surface area contributed by atoms with Crippen molar-refractivity contribution in [1.82, 2.24) is 0 Å². The number of fused-ring (bicyclic) bond motifs is 7. The van der Waals surface area contributed by atoms with E-state index in [1.807, 2.05) is 17.4 Å². The van der Waals surface area contributed by atoms with Crippen molar-refractivity contribution in [2.24, 2.45) is 0 Å². The average molecular weight is 679 g/mol. The summed E-state index contributed by atoms with van der Waals surface area (Å²) in [4.78, 5) is 0. The van der Waals surface area contributed by atoms with Gasteiger partial charge in [0.1, 0.15) is 5.76 Å². The zero-order valence-electron chi connectivity index (χ0n) is 28.1. The van der Waals surface area contributed by atoms with E-state index in [1.165, 1.54) is 96.6 Å². The zero-order chi connectivity index (χ0) is 34.2. The molecule has 0 amide bonds. The first-order chi connectivity index (χ1) is 25.8. The summed E-state index contributed by atoms with van der Waals surface area (Å²) in [5.74, 6) is 0.889. The molecule has 0 atom stereocenters. The van der Waals surface area contributed by atoms with Crippen molar-refractivity contribution in [3.63, 3.8) is 0 Å². The molecule has 242 valence electrons. The molecule has 2 heterocycles. The summed E-state index contributed by atoms with van der Waals surface area (Å²) in [5.41, 5.74) is 8.76. The largest absolute Gasteiger partial charge is 0.464 e. The Labute approximate surface area is 304 Å². The van der Waals surface area contributed by atoms with Crippen LogP contribution in [-0.4, -0.2) is 0 Å². The van der Waals surface area contributed by atoms with E-state index < -0.39 is 0 Å². The fraction of sp³-hybridized carbons (Fsp3) is 0. The number of hydrogen-bond acceptors (Lipinski definition) is 2. The third kappa shape index (κ3) is 4.22. The minimum Gasteiger partial charge on any atom is -0.464 e. The number of hydrogen-bond donors (Lipinski definition) is 0. The highest BCUT2D eigenvalue weighted by molar-refractivity contribution is 7.26. The molecule has 0 aliphatic heterocycles. The van der Waals surface area contributed by atoms with Gasteiger partial charge in [-0.05, 0) is 89.1 Å². The monoisotopic (exact) mass is 678 g/mol. The van der Waals surface area contributed by atoms with Crippen molar-refractivity contribution >= 4 is 74.6 Å². The minimum absolute atomic E-state index is 0.889. The Morgan fingerprint density at radius 1 is 0.327 bits per heavy atom. The molecule has 0 aliphatic carbocycles. The molecule has 0 saturated heterocycles. The van der Waals surface area contributed by atoms with Gasteiger partial charge in [-0.3, -0.25) is 0 Å². The van der Waals surface area contributed by atoms with E-state index >= 15 is 0 Å². The Bertz CT molecular complexity index is 3050. The standard InChI is InChI=1S/C50H30OS/c1-2-15-31(16-3-1)45-32-17-4-6-19-34(32)47(35-20-7-5-18-33(35)45)41-26-12-27-42-49-40(25-13-29-44(49)52-50(41)42)46-36-21-8-10-23-38(36)48(43-28-14-30-51-43)39-24-11-9-22-37(39)46/h1-30H. The first kappa shape index (κ1) is 29.3. The molecule has 0 radical (unpaired) electrons. The van der Waals surface area contributed by atoms with Crippen molar-refractivity contribution in [1.29, 1.82) is 0 Å². The van der Waals surface area contributed by atoms with E-state index in [0.717, 1.165) is 11.3 Å². The Balaban J connectivity index is 1.25. The molecular formula is C50H30OS. The lowest BCUT2D eigenvalue weighted by molar-refractivity contribution is 0.583. The SMILES string of the molecule is c1ccc(-c2c3ccccc3c(-c3cccc4c3sc3cccc(-c5c6ccccc6c(-c6ccco6)c6ccccc56)c34)c3ccccc23)cc1. The van der Waals surface area contributed by atoms with Crippen LogP contribution in [0, 0.1) is 0 Å². The summed E-state index contributed by atoms with van der Waals surface area (Å²) in [6.07, 6.45) is 1.77. The fourth-order valence-electron chi connectivity index (χ4n) is 8.69. The molecule has 2 heteroatoms. The van der Waals surface area contributed by atoms with E-state index in [9.17, 15) is 0 Å². The van der Waals surface area contributed by atoms with Crippen LogP contribution in [0.1, 0.15) is 0 Å². The topological polar surface area (TPSA) is 13.1 Å². The number of thiophene rings is 1. The Morgan fingerprint density at radius 3 is 1.35 bits per heavy atom. The third-order valence-electron chi connectivity index (χ3n) is 10.8. The quantitative estimate of drug-likeness (QED) is 0.169. The van der Waals surface area contributed by atoms with Crippen molar-refractivity contribution in [3.8, 4) is 44.7 Å². The molecule has 0 unspecified atom stereocenters. The molecule has 11 aromatic rings. The molecule has 0 aliphatic rings. The van der Waals surface area contributed by atoms with Gasteiger partial charge in [0, 0.05) is 31.3 Å². The van der Waals surface area contributed by atoms with Gasteiger partial charge in [0.25, 0.3) is 0 Å². The number of benzene rings is 9. The minimum atomic E-state index is 0.889. The highest BCUT2D eigenvalue weighted by atomic mass is 32.1. The predicted molar refractivity (Wildman–Crippen MR) is 223 cm³/mol. The lowest BCUT2D eigenvalue weighted by atomic mass is 9.85. The van der Waals surface area contributed by atoms with E-state index in [-0.39, 0.29) is 0 Å². The van der Waals surface area contributed by atoms with Gasteiger partial charge in [0.05, 0.1) is 6.26 Å². The summed E-state index contributed by atoms with van der Waals surface area (Å²) in [5, 5.41) is 12.5. The molecule has 2 aromatic heterocycles. The second-order valence-corrected chi connectivity index (χ2v) is 14.5. The van der Waals surface area contributed by atoms with Crippen LogP contribution in [0.2, 0.25) is 0 Å². The van der Waals surface area contributed by atoms with Gasteiger partial charge in [-0.1, -0.05) is 158 Å². The smallest absolute Gasteiger partial charge is 0.135 e. The van der Waals surface area contributed by atoms with Gasteiger partial charge >= 0.3 is 0 Å². The second-order valence-electron chi connectivity index (χ2n) is 13.5. The molecule has 52 heavy (non-hydrogen) atoms. The molecule has 11 rings (SSSR count). The van der Waals surface area contributed by atoms with Gasteiger partial charge in [0.15, 0.2) is 0 Å². The normalized spacial score (nSPS) is 11.8. The maximum Gasteiger partial charge on any atom is 0.135 e. The van der Waals surface area contributed by atoms with Gasteiger partial charge in [-0.2, -0.15) is 0 Å². The van der Waals surface area contributed by atoms with E-state index in [2.05, 4.69) is 170 Å². The van der Waals surface area contributed by atoms with Crippen LogP contribution < -0.4 is 0 Å². The summed E-state index contributed by atoms with van der Waals surface area (Å²) in [7, 11) is 0. The van der Waals surface area contributed by atoms with Gasteiger partial charge in [-0.25, -0.2) is 0 Å². The lowest BCUT2D eigenvalue weighted by Crippen LogP contribution is -1.91. The van der Waals surface area contributed by atoms with Crippen molar-refractivity contribution in [3.05, 3.63) is 182 Å². The highest BCUT2D eigenvalue weighted by Crippen LogP contribution is 2.51. The van der Waals surface area contributed by atoms with Crippen molar-refractivity contribution in [2.45, 2.75) is 0 Å². The molecule has 1 nitrogen and oxygen atoms in total. The van der Waals surface area contributed by atoms with Crippen LogP contribution >= 0.6 is 11.3 Å². The molecular weight excluding hydrogens is 649 g/mol. The summed E-state index contributed by atoms with van der Waals surface area (Å²) in [6, 6.07) is 64.2. The molecule has 0 N–H and O–H groups in total. The van der Waals surface area contributed by atoms with Crippen LogP contribution in [0.25, 0.3) is 108 Å². The molecule has 0 spiro atoms. The molecule has 0 fully saturated rings. The fourth-order valence-corrected chi connectivity index (χ4v) is 9.94. The second kappa shape index (κ2) is 11.5. The molecule has 9 aromatic carbocycles. The summed E-state index contributed by atoms with van der Waals surface area (Å²) in [6.45, 7) is 0. The maximum atomic E-state index is 6.05.